The van der Waals surface area contributed by atoms with Gasteiger partial charge in [0.15, 0.2) is 11.6 Å². The lowest BCUT2D eigenvalue weighted by molar-refractivity contribution is 0.264. The minimum absolute atomic E-state index is 0. The number of aromatic hydroxyl groups is 1. The predicted molar refractivity (Wildman–Crippen MR) is 61.8 cm³/mol. The van der Waals surface area contributed by atoms with Crippen molar-refractivity contribution in [3.63, 3.8) is 0 Å². The Morgan fingerprint density at radius 2 is 2.07 bits per heavy atom. The summed E-state index contributed by atoms with van der Waals surface area (Å²) in [6.45, 7) is -0.201. The van der Waals surface area contributed by atoms with Crippen LogP contribution >= 0.6 is 28.3 Å². The molecule has 0 heterocycles. The molecule has 3 nitrogen and oxygen atoms in total. The molecule has 0 saturated heterocycles. The van der Waals surface area contributed by atoms with Crippen molar-refractivity contribution < 1.29 is 14.6 Å². The molecule has 0 saturated carbocycles. The molecule has 4 N–H and O–H groups in total. The third-order valence-corrected chi connectivity index (χ3v) is 2.28. The first kappa shape index (κ1) is 14.6. The van der Waals surface area contributed by atoms with Gasteiger partial charge in [-0.2, -0.15) is 0 Å². The van der Waals surface area contributed by atoms with Crippen LogP contribution in [-0.2, 0) is 6.42 Å². The molecule has 1 atom stereocenters. The second kappa shape index (κ2) is 6.27. The van der Waals surface area contributed by atoms with Crippen molar-refractivity contribution in [3.05, 3.63) is 28.0 Å². The van der Waals surface area contributed by atoms with E-state index in [0.29, 0.717) is 10.0 Å². The molecular formula is C9H12BrClFNO2. The minimum Gasteiger partial charge on any atom is -0.505 e. The van der Waals surface area contributed by atoms with Crippen LogP contribution in [0.3, 0.4) is 0 Å². The van der Waals surface area contributed by atoms with E-state index in [2.05, 4.69) is 15.9 Å². The van der Waals surface area contributed by atoms with E-state index in [-0.39, 0.29) is 25.4 Å². The summed E-state index contributed by atoms with van der Waals surface area (Å²) in [5, 5.41) is 18.0. The van der Waals surface area contributed by atoms with Gasteiger partial charge >= 0.3 is 0 Å². The van der Waals surface area contributed by atoms with Gasteiger partial charge in [0.1, 0.15) is 0 Å². The van der Waals surface area contributed by atoms with E-state index in [0.717, 1.165) is 0 Å². The van der Waals surface area contributed by atoms with Gasteiger partial charge in [-0.25, -0.2) is 4.39 Å². The molecule has 0 aliphatic rings. The van der Waals surface area contributed by atoms with Crippen molar-refractivity contribution in [1.82, 2.24) is 0 Å². The Hall–Kier alpha value is -0.360. The number of hydrogen-bond donors (Lipinski definition) is 3. The number of hydrogen-bond acceptors (Lipinski definition) is 3. The number of nitrogens with two attached hydrogens (primary N) is 1. The van der Waals surface area contributed by atoms with Crippen LogP contribution in [0.4, 0.5) is 4.39 Å². The molecule has 1 aromatic rings. The van der Waals surface area contributed by atoms with Crippen molar-refractivity contribution >= 4 is 28.3 Å². The summed E-state index contributed by atoms with van der Waals surface area (Å²) in [6, 6.07) is 2.26. The first-order valence-electron chi connectivity index (χ1n) is 4.08. The lowest BCUT2D eigenvalue weighted by atomic mass is 10.1. The molecule has 1 rings (SSSR count). The molecule has 6 heteroatoms. The van der Waals surface area contributed by atoms with Gasteiger partial charge in [0.25, 0.3) is 0 Å². The molecule has 1 aromatic carbocycles. The highest BCUT2D eigenvalue weighted by molar-refractivity contribution is 9.10. The maximum absolute atomic E-state index is 13.0. The number of rotatable bonds is 3. The zero-order chi connectivity index (χ0) is 10.7. The van der Waals surface area contributed by atoms with Crippen LogP contribution in [0.5, 0.6) is 5.75 Å². The lowest BCUT2D eigenvalue weighted by Crippen LogP contribution is -2.26. The Morgan fingerprint density at radius 3 is 2.60 bits per heavy atom. The fraction of sp³-hybridized carbons (Fsp3) is 0.333. The summed E-state index contributed by atoms with van der Waals surface area (Å²) in [4.78, 5) is 0. The van der Waals surface area contributed by atoms with Crippen molar-refractivity contribution in [2.75, 3.05) is 6.61 Å². The molecule has 1 unspecified atom stereocenters. The monoisotopic (exact) mass is 299 g/mol. The topological polar surface area (TPSA) is 66.5 Å². The van der Waals surface area contributed by atoms with Gasteiger partial charge in [0.2, 0.25) is 0 Å². The number of phenols is 1. The highest BCUT2D eigenvalue weighted by atomic mass is 79.9. The first-order chi connectivity index (χ1) is 6.54. The van der Waals surface area contributed by atoms with Gasteiger partial charge in [-0.1, -0.05) is 15.9 Å². The Kier molecular flexibility index (Phi) is 6.12. The summed E-state index contributed by atoms with van der Waals surface area (Å²) in [5.74, 6) is -1.10. The highest BCUT2D eigenvalue weighted by Gasteiger charge is 2.11. The maximum Gasteiger partial charge on any atom is 0.166 e. The summed E-state index contributed by atoms with van der Waals surface area (Å²) >= 11 is 3.10. The Bertz CT molecular complexity index is 338. The van der Waals surface area contributed by atoms with E-state index in [9.17, 15) is 9.50 Å². The van der Waals surface area contributed by atoms with Crippen LogP contribution < -0.4 is 5.73 Å². The standard InChI is InChI=1S/C9H11BrFNO2.ClH/c10-6-1-5(2-7(12)4-13)9(14)8(11)3-6;/h1,3,7,13-14H,2,4,12H2;1H. The molecule has 0 fully saturated rings. The van der Waals surface area contributed by atoms with Gasteiger partial charge in [-0.15, -0.1) is 12.4 Å². The minimum atomic E-state index is -0.695. The van der Waals surface area contributed by atoms with E-state index in [4.69, 9.17) is 10.8 Å². The number of halogens is 3. The Balaban J connectivity index is 0.00000196. The van der Waals surface area contributed by atoms with E-state index in [1.165, 1.54) is 6.07 Å². The van der Waals surface area contributed by atoms with Crippen molar-refractivity contribution in [3.8, 4) is 5.75 Å². The first-order valence-corrected chi connectivity index (χ1v) is 4.87. The van der Waals surface area contributed by atoms with Gasteiger partial charge in [-0.05, 0) is 24.1 Å². The van der Waals surface area contributed by atoms with E-state index in [1.807, 2.05) is 0 Å². The fourth-order valence-electron chi connectivity index (χ4n) is 1.12. The van der Waals surface area contributed by atoms with Gasteiger partial charge in [0, 0.05) is 10.5 Å². The zero-order valence-electron chi connectivity index (χ0n) is 7.78. The normalized spacial score (nSPS) is 12.0. The largest absolute Gasteiger partial charge is 0.505 e. The van der Waals surface area contributed by atoms with Crippen LogP contribution in [0, 0.1) is 5.82 Å². The van der Waals surface area contributed by atoms with E-state index in [1.54, 1.807) is 6.07 Å². The average Bonchev–Trinajstić information content (AvgIpc) is 2.13. The summed E-state index contributed by atoms with van der Waals surface area (Å²) in [5.41, 5.74) is 5.86. The van der Waals surface area contributed by atoms with Crippen LogP contribution in [0.1, 0.15) is 5.56 Å². The summed E-state index contributed by atoms with van der Waals surface area (Å²) in [6.07, 6.45) is 0.235. The Morgan fingerprint density at radius 1 is 1.47 bits per heavy atom. The third-order valence-electron chi connectivity index (χ3n) is 1.82. The maximum atomic E-state index is 13.0. The summed E-state index contributed by atoms with van der Waals surface area (Å²) in [7, 11) is 0. The van der Waals surface area contributed by atoms with Crippen LogP contribution in [-0.4, -0.2) is 22.9 Å². The molecule has 0 aromatic heterocycles. The molecule has 0 aliphatic carbocycles. The number of aliphatic hydroxyl groups excluding tert-OH is 1. The van der Waals surface area contributed by atoms with Crippen LogP contribution in [0.2, 0.25) is 0 Å². The lowest BCUT2D eigenvalue weighted by Gasteiger charge is -2.10. The molecule has 0 amide bonds. The molecule has 0 spiro atoms. The van der Waals surface area contributed by atoms with Crippen molar-refractivity contribution in [2.24, 2.45) is 5.73 Å². The van der Waals surface area contributed by atoms with E-state index >= 15 is 0 Å². The number of aliphatic hydroxyl groups is 1. The molecule has 15 heavy (non-hydrogen) atoms. The number of benzene rings is 1. The molecule has 0 radical (unpaired) electrons. The highest BCUT2D eigenvalue weighted by Crippen LogP contribution is 2.26. The Labute approximate surface area is 102 Å². The van der Waals surface area contributed by atoms with Crippen LogP contribution in [0.25, 0.3) is 0 Å². The van der Waals surface area contributed by atoms with Crippen molar-refractivity contribution in [1.29, 1.82) is 0 Å². The van der Waals surface area contributed by atoms with Crippen LogP contribution in [0.15, 0.2) is 16.6 Å². The predicted octanol–water partition coefficient (Wildman–Crippen LogP) is 1.58. The van der Waals surface area contributed by atoms with Gasteiger partial charge in [-0.3, -0.25) is 0 Å². The van der Waals surface area contributed by atoms with Gasteiger partial charge in [0.05, 0.1) is 6.61 Å². The summed E-state index contributed by atoms with van der Waals surface area (Å²) < 4.78 is 13.5. The molecule has 0 bridgehead atoms. The third kappa shape index (κ3) is 3.95. The zero-order valence-corrected chi connectivity index (χ0v) is 10.2. The molecule has 0 aliphatic heterocycles. The fourth-order valence-corrected chi connectivity index (χ4v) is 1.60. The van der Waals surface area contributed by atoms with Crippen molar-refractivity contribution in [2.45, 2.75) is 12.5 Å². The van der Waals surface area contributed by atoms with Gasteiger partial charge < -0.3 is 15.9 Å². The smallest absolute Gasteiger partial charge is 0.166 e. The molecular weight excluding hydrogens is 288 g/mol. The number of phenolic OH excluding ortho intramolecular Hbond substituents is 1. The average molecular weight is 301 g/mol. The SMILES string of the molecule is Cl.NC(CO)Cc1cc(Br)cc(F)c1O. The second-order valence-corrected chi connectivity index (χ2v) is 3.96. The van der Waals surface area contributed by atoms with E-state index < -0.39 is 17.6 Å². The second-order valence-electron chi connectivity index (χ2n) is 3.04. The molecule has 86 valence electrons. The quantitative estimate of drug-likeness (QED) is 0.794.